The van der Waals surface area contributed by atoms with Gasteiger partial charge in [-0.15, -0.1) is 0 Å². The molecule has 0 unspecified atom stereocenters. The van der Waals surface area contributed by atoms with Crippen LogP contribution in [-0.2, 0) is 4.79 Å². The highest BCUT2D eigenvalue weighted by Crippen LogP contribution is 2.31. The van der Waals surface area contributed by atoms with Gasteiger partial charge in [-0.3, -0.25) is 4.79 Å². The number of nitrogens with one attached hydrogen (secondary N) is 1. The fourth-order valence-corrected chi connectivity index (χ4v) is 3.66. The lowest BCUT2D eigenvalue weighted by atomic mass is 9.80. The third-order valence-electron chi connectivity index (χ3n) is 3.44. The molecule has 0 heterocycles. The van der Waals surface area contributed by atoms with Gasteiger partial charge >= 0.3 is 0 Å². The topological polar surface area (TPSA) is 61.1 Å². The summed E-state index contributed by atoms with van der Waals surface area (Å²) in [7, 11) is 0. The maximum Gasteiger partial charge on any atom is 0.168 e. The van der Waals surface area contributed by atoms with Gasteiger partial charge in [-0.05, 0) is 30.9 Å². The first-order valence-corrected chi connectivity index (χ1v) is 8.19. The molecule has 19 heavy (non-hydrogen) atoms. The van der Waals surface area contributed by atoms with Crippen LogP contribution < -0.4 is 0 Å². The van der Waals surface area contributed by atoms with E-state index in [9.17, 15) is 9.90 Å². The molecule has 1 aliphatic carbocycles. The molecule has 0 aromatic heterocycles. The molecule has 0 aromatic rings. The molecule has 0 amide bonds. The van der Waals surface area contributed by atoms with Gasteiger partial charge in [0.1, 0.15) is 5.76 Å². The molecule has 1 fully saturated rings. The van der Waals surface area contributed by atoms with Crippen molar-refractivity contribution in [2.75, 3.05) is 5.75 Å². The molecule has 1 rings (SSSR count). The summed E-state index contributed by atoms with van der Waals surface area (Å²) in [6.45, 7) is 6.28. The molecule has 1 aliphatic rings. The van der Waals surface area contributed by atoms with Gasteiger partial charge in [-0.1, -0.05) is 20.8 Å². The molecule has 3 nitrogen and oxygen atoms in total. The van der Waals surface area contributed by atoms with Crippen molar-refractivity contribution in [3.63, 3.8) is 0 Å². The van der Waals surface area contributed by atoms with Crippen molar-refractivity contribution in [1.82, 2.24) is 0 Å². The predicted molar refractivity (Wildman–Crippen MR) is 82.2 cm³/mol. The van der Waals surface area contributed by atoms with Crippen LogP contribution in [0.15, 0.2) is 11.3 Å². The standard InChI is InChI=1S/C15H25NO2S/c1-4-6-13(17)15-12(16)8-11(9-14(15)18)7-10(3)19-5-2/h10-11,16-17H,4-9H2,1-3H3/t10-,11+/m0/s1. The molecule has 0 aliphatic heterocycles. The zero-order valence-electron chi connectivity index (χ0n) is 12.2. The smallest absolute Gasteiger partial charge is 0.168 e. The van der Waals surface area contributed by atoms with E-state index in [-0.39, 0.29) is 17.5 Å². The molecule has 1 saturated carbocycles. The first kappa shape index (κ1) is 16.3. The van der Waals surface area contributed by atoms with Crippen molar-refractivity contribution >= 4 is 23.3 Å². The zero-order valence-corrected chi connectivity index (χ0v) is 13.0. The summed E-state index contributed by atoms with van der Waals surface area (Å²) >= 11 is 1.90. The maximum absolute atomic E-state index is 12.1. The van der Waals surface area contributed by atoms with Crippen molar-refractivity contribution in [2.24, 2.45) is 5.92 Å². The Morgan fingerprint density at radius 3 is 2.68 bits per heavy atom. The van der Waals surface area contributed by atoms with Crippen LogP contribution in [0.25, 0.3) is 0 Å². The second-order valence-electron chi connectivity index (χ2n) is 5.25. The van der Waals surface area contributed by atoms with Gasteiger partial charge < -0.3 is 10.5 Å². The van der Waals surface area contributed by atoms with Crippen molar-refractivity contribution in [1.29, 1.82) is 5.41 Å². The number of thioether (sulfide) groups is 1. The highest BCUT2D eigenvalue weighted by atomic mass is 32.2. The van der Waals surface area contributed by atoms with Gasteiger partial charge in [0.2, 0.25) is 0 Å². The normalized spacial score (nSPS) is 24.5. The number of carbonyl (C=O) groups excluding carboxylic acids is 1. The Morgan fingerprint density at radius 2 is 2.16 bits per heavy atom. The van der Waals surface area contributed by atoms with E-state index < -0.39 is 0 Å². The summed E-state index contributed by atoms with van der Waals surface area (Å²) in [5, 5.41) is 18.4. The summed E-state index contributed by atoms with van der Waals surface area (Å²) in [4.78, 5) is 12.1. The number of aliphatic hydroxyl groups is 1. The molecule has 108 valence electrons. The minimum atomic E-state index is -0.0408. The van der Waals surface area contributed by atoms with Crippen LogP contribution in [0.4, 0.5) is 0 Å². The Hall–Kier alpha value is -0.770. The molecule has 2 atom stereocenters. The van der Waals surface area contributed by atoms with Crippen LogP contribution in [0.1, 0.15) is 52.9 Å². The molecule has 2 N–H and O–H groups in total. The second kappa shape index (κ2) is 7.73. The van der Waals surface area contributed by atoms with E-state index >= 15 is 0 Å². The van der Waals surface area contributed by atoms with Gasteiger partial charge in [0.25, 0.3) is 0 Å². The van der Waals surface area contributed by atoms with Gasteiger partial charge in [0.15, 0.2) is 5.78 Å². The van der Waals surface area contributed by atoms with Crippen LogP contribution >= 0.6 is 11.8 Å². The van der Waals surface area contributed by atoms with Crippen LogP contribution in [0.2, 0.25) is 0 Å². The van der Waals surface area contributed by atoms with Gasteiger partial charge in [0.05, 0.1) is 5.57 Å². The Balaban J connectivity index is 2.69. The SMILES string of the molecule is CCCC(O)=C1C(=N)C[C@@H](C[C@H](C)SCC)CC1=O. The highest BCUT2D eigenvalue weighted by Gasteiger charge is 2.31. The third-order valence-corrected chi connectivity index (χ3v) is 4.53. The average Bonchev–Trinajstić information content (AvgIpc) is 2.28. The molecule has 0 radical (unpaired) electrons. The second-order valence-corrected chi connectivity index (χ2v) is 6.96. The third kappa shape index (κ3) is 4.68. The Kier molecular flexibility index (Phi) is 6.63. The van der Waals surface area contributed by atoms with E-state index in [4.69, 9.17) is 5.41 Å². The number of hydrogen-bond acceptors (Lipinski definition) is 4. The lowest BCUT2D eigenvalue weighted by Gasteiger charge is -2.26. The van der Waals surface area contributed by atoms with Crippen LogP contribution in [-0.4, -0.2) is 27.6 Å². The van der Waals surface area contributed by atoms with E-state index in [0.717, 1.165) is 18.6 Å². The summed E-state index contributed by atoms with van der Waals surface area (Å²) in [6.07, 6.45) is 3.39. The van der Waals surface area contributed by atoms with Crippen LogP contribution in [0, 0.1) is 11.3 Å². The zero-order chi connectivity index (χ0) is 14.4. The van der Waals surface area contributed by atoms with Gasteiger partial charge in [0, 0.05) is 23.8 Å². The number of rotatable bonds is 6. The Labute approximate surface area is 120 Å². The number of Topliss-reactive ketones (excluding diaryl/α,β-unsaturated/α-hetero) is 1. The number of hydrogen-bond donors (Lipinski definition) is 2. The lowest BCUT2D eigenvalue weighted by Crippen LogP contribution is -2.28. The molecule has 0 aromatic carbocycles. The van der Waals surface area contributed by atoms with Crippen molar-refractivity contribution in [3.05, 3.63) is 11.3 Å². The van der Waals surface area contributed by atoms with Crippen LogP contribution in [0.3, 0.4) is 0 Å². The van der Waals surface area contributed by atoms with E-state index in [1.54, 1.807) is 0 Å². The molecule has 4 heteroatoms. The quantitative estimate of drug-likeness (QED) is 0.569. The van der Waals surface area contributed by atoms with E-state index in [1.165, 1.54) is 0 Å². The van der Waals surface area contributed by atoms with Crippen molar-refractivity contribution in [2.45, 2.75) is 58.1 Å². The van der Waals surface area contributed by atoms with E-state index in [0.29, 0.717) is 35.8 Å². The molecule has 0 saturated heterocycles. The predicted octanol–water partition coefficient (Wildman–Crippen LogP) is 4.13. The summed E-state index contributed by atoms with van der Waals surface area (Å²) in [5.74, 6) is 1.43. The lowest BCUT2D eigenvalue weighted by molar-refractivity contribution is -0.116. The molecular formula is C15H25NO2S. The minimum Gasteiger partial charge on any atom is -0.511 e. The largest absolute Gasteiger partial charge is 0.511 e. The van der Waals surface area contributed by atoms with Gasteiger partial charge in [-0.25, -0.2) is 0 Å². The molecule has 0 spiro atoms. The number of carbonyl (C=O) groups is 1. The molecule has 0 bridgehead atoms. The number of aliphatic hydroxyl groups excluding tert-OH is 1. The van der Waals surface area contributed by atoms with Crippen molar-refractivity contribution in [3.8, 4) is 0 Å². The molecular weight excluding hydrogens is 258 g/mol. The van der Waals surface area contributed by atoms with Crippen molar-refractivity contribution < 1.29 is 9.90 Å². The first-order valence-electron chi connectivity index (χ1n) is 7.14. The number of ketones is 1. The van der Waals surface area contributed by atoms with E-state index in [1.807, 2.05) is 18.7 Å². The number of allylic oxidation sites excluding steroid dienone is 2. The summed E-state index contributed by atoms with van der Waals surface area (Å²) < 4.78 is 0. The fraction of sp³-hybridized carbons (Fsp3) is 0.733. The monoisotopic (exact) mass is 283 g/mol. The average molecular weight is 283 g/mol. The fourth-order valence-electron chi connectivity index (χ4n) is 2.68. The summed E-state index contributed by atoms with van der Waals surface area (Å²) in [5.41, 5.74) is 0.634. The van der Waals surface area contributed by atoms with Gasteiger partial charge in [-0.2, -0.15) is 11.8 Å². The first-order chi connectivity index (χ1) is 8.99. The van der Waals surface area contributed by atoms with Crippen LogP contribution in [0.5, 0.6) is 0 Å². The Bertz CT molecular complexity index is 356. The maximum atomic E-state index is 12.1. The highest BCUT2D eigenvalue weighted by molar-refractivity contribution is 7.99. The van der Waals surface area contributed by atoms with E-state index in [2.05, 4.69) is 13.8 Å². The summed E-state index contributed by atoms with van der Waals surface area (Å²) in [6, 6.07) is 0. The Morgan fingerprint density at radius 1 is 1.47 bits per heavy atom. The minimum absolute atomic E-state index is 0.0408.